The summed E-state index contributed by atoms with van der Waals surface area (Å²) in [4.78, 5) is 14.2. The molecule has 0 saturated heterocycles. The Balaban J connectivity index is 1.84. The van der Waals surface area contributed by atoms with Crippen molar-refractivity contribution in [2.75, 3.05) is 18.0 Å². The lowest BCUT2D eigenvalue weighted by Crippen LogP contribution is -2.21. The average molecular weight is 414 g/mol. The van der Waals surface area contributed by atoms with E-state index in [1.165, 1.54) is 23.9 Å². The highest BCUT2D eigenvalue weighted by atomic mass is 32.2. The van der Waals surface area contributed by atoms with Crippen LogP contribution in [-0.2, 0) is 11.8 Å². The van der Waals surface area contributed by atoms with Crippen LogP contribution in [0, 0.1) is 5.82 Å². The third kappa shape index (κ3) is 4.59. The molecule has 0 unspecified atom stereocenters. The predicted molar refractivity (Wildman–Crippen MR) is 114 cm³/mol. The van der Waals surface area contributed by atoms with Gasteiger partial charge in [-0.25, -0.2) is 4.39 Å². The van der Waals surface area contributed by atoms with Crippen molar-refractivity contribution in [3.8, 4) is 11.4 Å². The molecule has 152 valence electrons. The first kappa shape index (κ1) is 20.9. The van der Waals surface area contributed by atoms with Gasteiger partial charge in [-0.2, -0.15) is 0 Å². The fourth-order valence-electron chi connectivity index (χ4n) is 3.11. The molecule has 1 atom stereocenters. The molecule has 29 heavy (non-hydrogen) atoms. The molecule has 0 aliphatic rings. The molecule has 0 fully saturated rings. The molecule has 8 heteroatoms. The summed E-state index contributed by atoms with van der Waals surface area (Å²) in [6, 6.07) is 13.9. The zero-order valence-corrected chi connectivity index (χ0v) is 17.5. The molecule has 0 bridgehead atoms. The number of nitrogens with zero attached hydrogens (tertiary/aromatic N) is 4. The number of carbonyl (C=O) groups excluding carboxylic acids is 1. The van der Waals surface area contributed by atoms with Crippen LogP contribution in [0.4, 0.5) is 10.1 Å². The van der Waals surface area contributed by atoms with Crippen molar-refractivity contribution in [1.82, 2.24) is 14.8 Å². The molecule has 3 rings (SSSR count). The number of carbonyl (C=O) groups is 1. The standard InChI is InChI=1S/C21H24FN5OS/c1-4-27(5-2)17-12-8-15(9-13-17)20-24-25-21(26(20)3)29-18(19(23)28)14-6-10-16(22)11-7-14/h6-13,18H,4-5H2,1-3H3,(H2,23,28)/t18-/m1/s1. The maximum Gasteiger partial charge on any atom is 0.235 e. The molecule has 0 saturated carbocycles. The van der Waals surface area contributed by atoms with Gasteiger partial charge in [-0.3, -0.25) is 4.79 Å². The van der Waals surface area contributed by atoms with Crippen LogP contribution >= 0.6 is 11.8 Å². The summed E-state index contributed by atoms with van der Waals surface area (Å²) in [5.41, 5.74) is 8.28. The molecule has 1 heterocycles. The van der Waals surface area contributed by atoms with Gasteiger partial charge in [-0.15, -0.1) is 10.2 Å². The fourth-order valence-corrected chi connectivity index (χ4v) is 4.07. The number of hydrogen-bond acceptors (Lipinski definition) is 5. The molecule has 0 aliphatic heterocycles. The zero-order chi connectivity index (χ0) is 21.0. The highest BCUT2D eigenvalue weighted by Crippen LogP contribution is 2.35. The van der Waals surface area contributed by atoms with E-state index in [9.17, 15) is 9.18 Å². The number of hydrogen-bond donors (Lipinski definition) is 1. The normalized spacial score (nSPS) is 12.0. The summed E-state index contributed by atoms with van der Waals surface area (Å²) in [7, 11) is 1.85. The minimum atomic E-state index is -0.684. The summed E-state index contributed by atoms with van der Waals surface area (Å²) < 4.78 is 15.0. The number of anilines is 1. The summed E-state index contributed by atoms with van der Waals surface area (Å²) >= 11 is 1.20. The van der Waals surface area contributed by atoms with E-state index < -0.39 is 11.2 Å². The van der Waals surface area contributed by atoms with E-state index in [1.807, 2.05) is 23.7 Å². The van der Waals surface area contributed by atoms with Gasteiger partial charge >= 0.3 is 0 Å². The number of halogens is 1. The van der Waals surface area contributed by atoms with E-state index in [2.05, 4.69) is 41.1 Å². The van der Waals surface area contributed by atoms with Crippen molar-refractivity contribution >= 4 is 23.4 Å². The smallest absolute Gasteiger partial charge is 0.235 e. The molecule has 3 aromatic rings. The van der Waals surface area contributed by atoms with Gasteiger partial charge in [-0.1, -0.05) is 23.9 Å². The largest absolute Gasteiger partial charge is 0.372 e. The van der Waals surface area contributed by atoms with Gasteiger partial charge in [0.1, 0.15) is 11.1 Å². The molecule has 2 aromatic carbocycles. The van der Waals surface area contributed by atoms with Crippen LogP contribution in [-0.4, -0.2) is 33.8 Å². The minimum Gasteiger partial charge on any atom is -0.372 e. The third-order valence-corrected chi connectivity index (χ3v) is 6.05. The van der Waals surface area contributed by atoms with E-state index in [0.29, 0.717) is 16.5 Å². The quantitative estimate of drug-likeness (QED) is 0.569. The van der Waals surface area contributed by atoms with E-state index in [1.54, 1.807) is 12.1 Å². The van der Waals surface area contributed by atoms with Crippen LogP contribution in [0.1, 0.15) is 24.7 Å². The Kier molecular flexibility index (Phi) is 6.53. The number of nitrogens with two attached hydrogens (primary N) is 1. The van der Waals surface area contributed by atoms with Gasteiger partial charge in [0.15, 0.2) is 11.0 Å². The summed E-state index contributed by atoms with van der Waals surface area (Å²) in [6.07, 6.45) is 0. The number of rotatable bonds is 8. The number of primary amides is 1. The predicted octanol–water partition coefficient (Wildman–Crippen LogP) is 3.79. The highest BCUT2D eigenvalue weighted by molar-refractivity contribution is 8.00. The summed E-state index contributed by atoms with van der Waals surface area (Å²) in [5.74, 6) is -0.188. The Morgan fingerprint density at radius 2 is 1.72 bits per heavy atom. The van der Waals surface area contributed by atoms with Gasteiger partial charge in [-0.05, 0) is 55.8 Å². The number of benzene rings is 2. The van der Waals surface area contributed by atoms with Crippen LogP contribution < -0.4 is 10.6 Å². The number of thioether (sulfide) groups is 1. The maximum absolute atomic E-state index is 13.2. The van der Waals surface area contributed by atoms with E-state index >= 15 is 0 Å². The van der Waals surface area contributed by atoms with Crippen LogP contribution in [0.25, 0.3) is 11.4 Å². The lowest BCUT2D eigenvalue weighted by atomic mass is 10.1. The molecule has 2 N–H and O–H groups in total. The van der Waals surface area contributed by atoms with Crippen molar-refractivity contribution in [3.05, 3.63) is 59.9 Å². The zero-order valence-electron chi connectivity index (χ0n) is 16.7. The van der Waals surface area contributed by atoms with E-state index in [0.717, 1.165) is 24.3 Å². The van der Waals surface area contributed by atoms with Crippen molar-refractivity contribution in [2.24, 2.45) is 12.8 Å². The lowest BCUT2D eigenvalue weighted by molar-refractivity contribution is -0.117. The lowest BCUT2D eigenvalue weighted by Gasteiger charge is -2.21. The molecule has 1 aromatic heterocycles. The van der Waals surface area contributed by atoms with Crippen LogP contribution in [0.5, 0.6) is 0 Å². The van der Waals surface area contributed by atoms with Crippen LogP contribution in [0.3, 0.4) is 0 Å². The van der Waals surface area contributed by atoms with Crippen molar-refractivity contribution < 1.29 is 9.18 Å². The summed E-state index contributed by atoms with van der Waals surface area (Å²) in [5, 5.41) is 8.39. The van der Waals surface area contributed by atoms with Gasteiger partial charge < -0.3 is 15.2 Å². The Morgan fingerprint density at radius 3 is 2.28 bits per heavy atom. The SMILES string of the molecule is CCN(CC)c1ccc(-c2nnc(S[C@@H](C(N)=O)c3ccc(F)cc3)n2C)cc1. The fraction of sp³-hybridized carbons (Fsp3) is 0.286. The van der Waals surface area contributed by atoms with Gasteiger partial charge in [0, 0.05) is 31.4 Å². The maximum atomic E-state index is 13.2. The Morgan fingerprint density at radius 1 is 1.10 bits per heavy atom. The second kappa shape index (κ2) is 9.09. The van der Waals surface area contributed by atoms with Crippen LogP contribution in [0.15, 0.2) is 53.7 Å². The molecule has 6 nitrogen and oxygen atoms in total. The van der Waals surface area contributed by atoms with Gasteiger partial charge in [0.25, 0.3) is 0 Å². The number of amides is 1. The minimum absolute atomic E-state index is 0.365. The topological polar surface area (TPSA) is 77.0 Å². The molecule has 1 amide bonds. The second-order valence-electron chi connectivity index (χ2n) is 6.54. The molecule has 0 aliphatic carbocycles. The first-order valence-corrected chi connectivity index (χ1v) is 10.3. The van der Waals surface area contributed by atoms with Crippen LogP contribution in [0.2, 0.25) is 0 Å². The Hall–Kier alpha value is -2.87. The van der Waals surface area contributed by atoms with Crippen molar-refractivity contribution in [3.63, 3.8) is 0 Å². The molecule has 0 spiro atoms. The van der Waals surface area contributed by atoms with Gasteiger partial charge in [0.2, 0.25) is 5.91 Å². The van der Waals surface area contributed by atoms with Crippen molar-refractivity contribution in [2.45, 2.75) is 24.3 Å². The molecule has 0 radical (unpaired) electrons. The molecular formula is C21H24FN5OS. The number of aromatic nitrogens is 3. The third-order valence-electron chi connectivity index (χ3n) is 4.74. The second-order valence-corrected chi connectivity index (χ2v) is 7.61. The first-order chi connectivity index (χ1) is 13.9. The average Bonchev–Trinajstić information content (AvgIpc) is 3.08. The summed E-state index contributed by atoms with van der Waals surface area (Å²) in [6.45, 7) is 6.14. The monoisotopic (exact) mass is 413 g/mol. The first-order valence-electron chi connectivity index (χ1n) is 9.40. The van der Waals surface area contributed by atoms with Crippen molar-refractivity contribution in [1.29, 1.82) is 0 Å². The Labute approximate surface area is 173 Å². The molecular weight excluding hydrogens is 389 g/mol. The van der Waals surface area contributed by atoms with Gasteiger partial charge in [0.05, 0.1) is 0 Å². The van der Waals surface area contributed by atoms with E-state index in [4.69, 9.17) is 5.73 Å². The van der Waals surface area contributed by atoms with E-state index in [-0.39, 0.29) is 5.82 Å². The highest BCUT2D eigenvalue weighted by Gasteiger charge is 2.23. The Bertz CT molecular complexity index is 968.